The second kappa shape index (κ2) is 14.1. The first kappa shape index (κ1) is 32.0. The Hall–Kier alpha value is -5.40. The molecule has 0 spiro atoms. The summed E-state index contributed by atoms with van der Waals surface area (Å²) in [7, 11) is 1.49. The van der Waals surface area contributed by atoms with Crippen LogP contribution >= 0.6 is 0 Å². The summed E-state index contributed by atoms with van der Waals surface area (Å²) >= 11 is 0. The Labute approximate surface area is 263 Å². The summed E-state index contributed by atoms with van der Waals surface area (Å²) in [6.45, 7) is 3.38. The third-order valence-electron chi connectivity index (χ3n) is 7.28. The minimum absolute atomic E-state index is 0.0920. The number of rotatable bonds is 4. The Morgan fingerprint density at radius 3 is 2.57 bits per heavy atom. The molecule has 2 N–H and O–H groups in total. The zero-order chi connectivity index (χ0) is 32.8. The molecule has 0 aliphatic carbocycles. The van der Waals surface area contributed by atoms with Crippen molar-refractivity contribution in [1.29, 1.82) is 0 Å². The average Bonchev–Trinajstić information content (AvgIpc) is 3.46. The predicted molar refractivity (Wildman–Crippen MR) is 162 cm³/mol. The molecule has 0 saturated heterocycles. The number of carbonyl (C=O) groups is 3. The zero-order valence-corrected chi connectivity index (χ0v) is 25.5. The van der Waals surface area contributed by atoms with Crippen molar-refractivity contribution in [3.63, 3.8) is 0 Å². The smallest absolute Gasteiger partial charge is 0.276 e. The Morgan fingerprint density at radius 2 is 1.85 bits per heavy atom. The molecule has 3 amide bonds. The first-order valence-corrected chi connectivity index (χ1v) is 14.6. The van der Waals surface area contributed by atoms with E-state index in [1.54, 1.807) is 16.8 Å². The topological polar surface area (TPSA) is 141 Å². The fraction of sp³-hybridized carbons (Fsp3) is 0.312. The number of hydrogen-bond donors (Lipinski definition) is 2. The van der Waals surface area contributed by atoms with Crippen LogP contribution in [-0.4, -0.2) is 75.7 Å². The Morgan fingerprint density at radius 1 is 1.07 bits per heavy atom. The lowest BCUT2D eigenvalue weighted by atomic mass is 10.0. The summed E-state index contributed by atoms with van der Waals surface area (Å²) in [5, 5.41) is 10.4. The van der Waals surface area contributed by atoms with Crippen molar-refractivity contribution >= 4 is 17.7 Å². The van der Waals surface area contributed by atoms with Gasteiger partial charge in [-0.3, -0.25) is 14.4 Å². The molecule has 4 aromatic rings. The number of halogens is 2. The van der Waals surface area contributed by atoms with Crippen LogP contribution in [0.15, 0.2) is 60.8 Å². The number of amides is 3. The van der Waals surface area contributed by atoms with Crippen molar-refractivity contribution in [3.05, 3.63) is 89.5 Å². The quantitative estimate of drug-likeness (QED) is 0.349. The number of aromatic nitrogens is 4. The highest BCUT2D eigenvalue weighted by atomic mass is 19.1. The monoisotopic (exact) mass is 633 g/mol. The van der Waals surface area contributed by atoms with Gasteiger partial charge in [-0.25, -0.2) is 23.4 Å². The lowest BCUT2D eigenvalue weighted by Crippen LogP contribution is -2.46. The number of benzene rings is 2. The summed E-state index contributed by atoms with van der Waals surface area (Å²) in [5.41, 5.74) is 0.371. The minimum Gasteiger partial charge on any atom is -0.493 e. The van der Waals surface area contributed by atoms with Gasteiger partial charge >= 0.3 is 0 Å². The molecule has 1 atom stereocenters. The van der Waals surface area contributed by atoms with Crippen molar-refractivity contribution in [1.82, 2.24) is 35.3 Å². The van der Waals surface area contributed by atoms with Crippen molar-refractivity contribution in [2.75, 3.05) is 33.4 Å². The maximum absolute atomic E-state index is 14.6. The van der Waals surface area contributed by atoms with Crippen molar-refractivity contribution < 1.29 is 32.6 Å². The Balaban J connectivity index is 1.54. The molecule has 0 fully saturated rings. The third-order valence-corrected chi connectivity index (χ3v) is 7.28. The summed E-state index contributed by atoms with van der Waals surface area (Å²) < 4.78 is 41.2. The SMILES string of the molecule is COc1ccc2cc1OCCn1nc(-c3ccccc3)nc1[C@@H](C(C)C)NC(=O)CN(C(=O)c1ncc(F)cc1F)CCNC2=O. The van der Waals surface area contributed by atoms with Crippen molar-refractivity contribution in [3.8, 4) is 22.9 Å². The van der Waals surface area contributed by atoms with E-state index in [-0.39, 0.29) is 37.7 Å². The van der Waals surface area contributed by atoms with Gasteiger partial charge in [0.2, 0.25) is 5.91 Å². The molecule has 3 heterocycles. The zero-order valence-electron chi connectivity index (χ0n) is 25.5. The van der Waals surface area contributed by atoms with Crippen LogP contribution in [0.5, 0.6) is 11.5 Å². The number of carbonyl (C=O) groups excluding carboxylic acids is 3. The van der Waals surface area contributed by atoms with E-state index in [0.29, 0.717) is 35.4 Å². The minimum atomic E-state index is -1.18. The highest BCUT2D eigenvalue weighted by molar-refractivity contribution is 5.96. The van der Waals surface area contributed by atoms with Gasteiger partial charge in [0.15, 0.2) is 34.7 Å². The van der Waals surface area contributed by atoms with Gasteiger partial charge in [-0.1, -0.05) is 44.2 Å². The van der Waals surface area contributed by atoms with E-state index in [2.05, 4.69) is 15.6 Å². The molecule has 1 aliphatic rings. The van der Waals surface area contributed by atoms with E-state index < -0.39 is 47.6 Å². The highest BCUT2D eigenvalue weighted by Gasteiger charge is 2.29. The number of pyridine rings is 1. The number of fused-ring (bicyclic) bond motifs is 3. The molecular formula is C32H33F2N7O5. The molecule has 2 aromatic carbocycles. The van der Waals surface area contributed by atoms with E-state index >= 15 is 0 Å². The van der Waals surface area contributed by atoms with Crippen molar-refractivity contribution in [2.24, 2.45) is 5.92 Å². The number of ether oxygens (including phenoxy) is 2. The van der Waals surface area contributed by atoms with Gasteiger partial charge in [0, 0.05) is 30.3 Å². The first-order chi connectivity index (χ1) is 22.1. The maximum Gasteiger partial charge on any atom is 0.276 e. The van der Waals surface area contributed by atoms with E-state index in [9.17, 15) is 23.2 Å². The standard InChI is InChI=1S/C32H33F2N7O5/c1-19(2)27-30-38-29(20-7-5-4-6-8-20)39-41(30)13-14-46-25-15-21(9-10-24(25)45-3)31(43)35-11-12-40(18-26(42)37-27)32(44)28-23(34)16-22(33)17-36-28/h4-10,15-17,19,27H,11-14,18H2,1-3H3,(H,35,43)(H,37,42)/t27-/m1/s1. The molecular weight excluding hydrogens is 600 g/mol. The van der Waals surface area contributed by atoms with Gasteiger partial charge in [-0.2, -0.15) is 5.10 Å². The predicted octanol–water partition coefficient (Wildman–Crippen LogP) is 3.41. The van der Waals surface area contributed by atoms with Crippen LogP contribution in [0.4, 0.5) is 8.78 Å². The van der Waals surface area contributed by atoms with Gasteiger partial charge in [0.1, 0.15) is 12.4 Å². The molecule has 2 bridgehead atoms. The van der Waals surface area contributed by atoms with E-state index in [4.69, 9.17) is 19.6 Å². The van der Waals surface area contributed by atoms with Crippen LogP contribution in [0.25, 0.3) is 11.4 Å². The van der Waals surface area contributed by atoms with Gasteiger partial charge in [-0.05, 0) is 24.1 Å². The van der Waals surface area contributed by atoms with Crippen LogP contribution < -0.4 is 20.1 Å². The molecule has 2 aromatic heterocycles. The summed E-state index contributed by atoms with van der Waals surface area (Å²) in [6.07, 6.45) is 0.715. The van der Waals surface area contributed by atoms with E-state index in [1.807, 2.05) is 44.2 Å². The molecule has 5 rings (SSSR count). The molecule has 1 aliphatic heterocycles. The molecule has 0 unspecified atom stereocenters. The van der Waals surface area contributed by atoms with Gasteiger partial charge in [-0.15, -0.1) is 0 Å². The summed E-state index contributed by atoms with van der Waals surface area (Å²) in [4.78, 5) is 49.4. The average molecular weight is 634 g/mol. The molecule has 240 valence electrons. The number of methoxy groups -OCH3 is 1. The largest absolute Gasteiger partial charge is 0.493 e. The first-order valence-electron chi connectivity index (χ1n) is 14.6. The van der Waals surface area contributed by atoms with E-state index in [0.717, 1.165) is 10.5 Å². The molecule has 0 radical (unpaired) electrons. The molecule has 46 heavy (non-hydrogen) atoms. The maximum atomic E-state index is 14.6. The van der Waals surface area contributed by atoms with E-state index in [1.165, 1.54) is 13.2 Å². The fourth-order valence-corrected chi connectivity index (χ4v) is 4.93. The van der Waals surface area contributed by atoms with Crippen LogP contribution in [0.3, 0.4) is 0 Å². The lowest BCUT2D eigenvalue weighted by Gasteiger charge is -2.26. The number of nitrogens with zero attached hydrogens (tertiary/aromatic N) is 5. The summed E-state index contributed by atoms with van der Waals surface area (Å²) in [6, 6.07) is 13.9. The van der Waals surface area contributed by atoms with Crippen molar-refractivity contribution in [2.45, 2.75) is 26.4 Å². The lowest BCUT2D eigenvalue weighted by molar-refractivity contribution is -0.123. The van der Waals surface area contributed by atoms with Gasteiger partial charge in [0.25, 0.3) is 11.8 Å². The Bertz CT molecular complexity index is 1730. The van der Waals surface area contributed by atoms with Crippen LogP contribution in [0.2, 0.25) is 0 Å². The second-order valence-corrected chi connectivity index (χ2v) is 10.9. The molecule has 0 saturated carbocycles. The number of nitrogens with one attached hydrogen (secondary N) is 2. The molecule has 14 heteroatoms. The Kier molecular flexibility index (Phi) is 9.84. The van der Waals surface area contributed by atoms with Gasteiger partial charge in [0.05, 0.1) is 32.4 Å². The summed E-state index contributed by atoms with van der Waals surface area (Å²) in [5.74, 6) is -2.67. The van der Waals surface area contributed by atoms with Crippen LogP contribution in [-0.2, 0) is 11.3 Å². The number of hydrogen-bond acceptors (Lipinski definition) is 8. The fourth-order valence-electron chi connectivity index (χ4n) is 4.93. The third kappa shape index (κ3) is 7.28. The second-order valence-electron chi connectivity index (χ2n) is 10.9. The highest BCUT2D eigenvalue weighted by Crippen LogP contribution is 2.29. The molecule has 12 nitrogen and oxygen atoms in total. The van der Waals surface area contributed by atoms with Crippen LogP contribution in [0.1, 0.15) is 46.6 Å². The van der Waals surface area contributed by atoms with Gasteiger partial charge < -0.3 is 25.0 Å². The normalized spacial score (nSPS) is 16.1. The van der Waals surface area contributed by atoms with Crippen LogP contribution in [0, 0.1) is 17.6 Å².